The third-order valence-corrected chi connectivity index (χ3v) is 5.84. The van der Waals surface area contributed by atoms with E-state index in [0.717, 1.165) is 44.5 Å². The van der Waals surface area contributed by atoms with Crippen molar-refractivity contribution in [2.45, 2.75) is 25.7 Å². The SMILES string of the molecule is COCCNC(=O)C1CCC(C(=O)N2CCN(c3ccc(F)cc3)CC2)CC1. The van der Waals surface area contributed by atoms with Crippen LogP contribution in [0.2, 0.25) is 0 Å². The summed E-state index contributed by atoms with van der Waals surface area (Å²) in [5.74, 6) is 0.102. The van der Waals surface area contributed by atoms with Crippen LogP contribution in [0.3, 0.4) is 0 Å². The maximum atomic E-state index is 13.1. The standard InChI is InChI=1S/C21H30FN3O3/c1-28-15-10-23-20(26)16-2-4-17(5-3-16)21(27)25-13-11-24(12-14-25)19-8-6-18(22)7-9-19/h6-9,16-17H,2-5,10-15H2,1H3,(H,23,26). The molecular weight excluding hydrogens is 361 g/mol. The van der Waals surface area contributed by atoms with Gasteiger partial charge in [0.2, 0.25) is 11.8 Å². The Morgan fingerprint density at radius 1 is 1.04 bits per heavy atom. The number of nitrogens with one attached hydrogen (secondary N) is 1. The van der Waals surface area contributed by atoms with E-state index < -0.39 is 0 Å². The summed E-state index contributed by atoms with van der Waals surface area (Å²) in [6.45, 7) is 3.94. The number of piperazine rings is 1. The fourth-order valence-corrected chi connectivity index (χ4v) is 4.12. The van der Waals surface area contributed by atoms with Crippen LogP contribution in [0.4, 0.5) is 10.1 Å². The lowest BCUT2D eigenvalue weighted by Gasteiger charge is -2.38. The summed E-state index contributed by atoms with van der Waals surface area (Å²) in [4.78, 5) is 29.2. The molecule has 1 aliphatic heterocycles. The van der Waals surface area contributed by atoms with E-state index >= 15 is 0 Å². The number of ether oxygens (including phenoxy) is 1. The number of carbonyl (C=O) groups is 2. The van der Waals surface area contributed by atoms with E-state index in [1.807, 2.05) is 4.90 Å². The molecule has 3 rings (SSSR count). The maximum absolute atomic E-state index is 13.1. The second kappa shape index (κ2) is 9.87. The van der Waals surface area contributed by atoms with Gasteiger partial charge in [-0.2, -0.15) is 0 Å². The molecule has 0 radical (unpaired) electrons. The Balaban J connectivity index is 1.42. The zero-order valence-corrected chi connectivity index (χ0v) is 16.5. The van der Waals surface area contributed by atoms with E-state index in [1.54, 1.807) is 19.2 Å². The first kappa shape index (κ1) is 20.6. The molecule has 1 heterocycles. The van der Waals surface area contributed by atoms with Crippen LogP contribution in [0.1, 0.15) is 25.7 Å². The highest BCUT2D eigenvalue weighted by atomic mass is 19.1. The highest BCUT2D eigenvalue weighted by Crippen LogP contribution is 2.30. The third kappa shape index (κ3) is 5.22. The Bertz CT molecular complexity index is 651. The Morgan fingerprint density at radius 3 is 2.25 bits per heavy atom. The Labute approximate surface area is 166 Å². The van der Waals surface area contributed by atoms with E-state index in [2.05, 4.69) is 10.2 Å². The van der Waals surface area contributed by atoms with Crippen LogP contribution in [0.25, 0.3) is 0 Å². The first-order valence-electron chi connectivity index (χ1n) is 10.1. The predicted octanol–water partition coefficient (Wildman–Crippen LogP) is 2.04. The van der Waals surface area contributed by atoms with E-state index in [-0.39, 0.29) is 29.5 Å². The van der Waals surface area contributed by atoms with Crippen molar-refractivity contribution in [1.29, 1.82) is 0 Å². The lowest BCUT2D eigenvalue weighted by Crippen LogP contribution is -2.51. The van der Waals surface area contributed by atoms with Crippen molar-refractivity contribution < 1.29 is 18.7 Å². The summed E-state index contributed by atoms with van der Waals surface area (Å²) >= 11 is 0. The summed E-state index contributed by atoms with van der Waals surface area (Å²) in [6, 6.07) is 6.50. The molecular formula is C21H30FN3O3. The lowest BCUT2D eigenvalue weighted by molar-refractivity contribution is -0.138. The molecule has 154 valence electrons. The van der Waals surface area contributed by atoms with Gasteiger partial charge >= 0.3 is 0 Å². The highest BCUT2D eigenvalue weighted by molar-refractivity contribution is 5.81. The van der Waals surface area contributed by atoms with Crippen molar-refractivity contribution in [3.8, 4) is 0 Å². The molecule has 7 heteroatoms. The van der Waals surface area contributed by atoms with Gasteiger partial charge in [-0.25, -0.2) is 4.39 Å². The highest BCUT2D eigenvalue weighted by Gasteiger charge is 2.33. The molecule has 1 saturated carbocycles. The zero-order chi connectivity index (χ0) is 19.9. The molecule has 1 N–H and O–H groups in total. The van der Waals surface area contributed by atoms with Gasteiger partial charge in [0.15, 0.2) is 0 Å². The van der Waals surface area contributed by atoms with E-state index in [9.17, 15) is 14.0 Å². The van der Waals surface area contributed by atoms with Crippen molar-refractivity contribution in [3.63, 3.8) is 0 Å². The van der Waals surface area contributed by atoms with Gasteiger partial charge < -0.3 is 19.9 Å². The quantitative estimate of drug-likeness (QED) is 0.754. The molecule has 0 unspecified atom stereocenters. The number of methoxy groups -OCH3 is 1. The molecule has 2 amide bonds. The third-order valence-electron chi connectivity index (χ3n) is 5.84. The number of anilines is 1. The minimum atomic E-state index is -0.236. The van der Waals surface area contributed by atoms with Crippen LogP contribution in [0, 0.1) is 17.7 Å². The van der Waals surface area contributed by atoms with E-state index in [4.69, 9.17) is 4.74 Å². The van der Waals surface area contributed by atoms with E-state index in [1.165, 1.54) is 12.1 Å². The fourth-order valence-electron chi connectivity index (χ4n) is 4.12. The number of hydrogen-bond acceptors (Lipinski definition) is 4. The Hall–Kier alpha value is -2.15. The second-order valence-corrected chi connectivity index (χ2v) is 7.62. The topological polar surface area (TPSA) is 61.9 Å². The summed E-state index contributed by atoms with van der Waals surface area (Å²) in [5.41, 5.74) is 0.994. The molecule has 28 heavy (non-hydrogen) atoms. The Kier molecular flexibility index (Phi) is 7.25. The summed E-state index contributed by atoms with van der Waals surface area (Å²) in [6.07, 6.45) is 3.09. The molecule has 1 saturated heterocycles. The van der Waals surface area contributed by atoms with Crippen molar-refractivity contribution >= 4 is 17.5 Å². The average molecular weight is 391 g/mol. The molecule has 0 bridgehead atoms. The smallest absolute Gasteiger partial charge is 0.225 e. The number of nitrogens with zero attached hydrogens (tertiary/aromatic N) is 2. The number of halogens is 1. The number of carbonyl (C=O) groups excluding carboxylic acids is 2. The number of rotatable bonds is 6. The van der Waals surface area contributed by atoms with Crippen molar-refractivity contribution in [1.82, 2.24) is 10.2 Å². The van der Waals surface area contributed by atoms with Gasteiger partial charge in [0.05, 0.1) is 6.61 Å². The number of amides is 2. The number of benzene rings is 1. The molecule has 6 nitrogen and oxygen atoms in total. The van der Waals surface area contributed by atoms with Gasteiger partial charge in [-0.15, -0.1) is 0 Å². The Morgan fingerprint density at radius 2 is 1.64 bits per heavy atom. The van der Waals surface area contributed by atoms with E-state index in [0.29, 0.717) is 26.2 Å². The molecule has 0 aromatic heterocycles. The lowest BCUT2D eigenvalue weighted by atomic mass is 9.81. The van der Waals surface area contributed by atoms with Gasteiger partial charge in [0.1, 0.15) is 5.82 Å². The summed E-state index contributed by atoms with van der Waals surface area (Å²) < 4.78 is 18.0. The van der Waals surface area contributed by atoms with Crippen molar-refractivity contribution in [2.24, 2.45) is 11.8 Å². The fraction of sp³-hybridized carbons (Fsp3) is 0.619. The van der Waals surface area contributed by atoms with Crippen molar-refractivity contribution in [3.05, 3.63) is 30.1 Å². The van der Waals surface area contributed by atoms with Crippen LogP contribution < -0.4 is 10.2 Å². The minimum absolute atomic E-state index is 0.0104. The molecule has 1 aromatic carbocycles. The van der Waals surface area contributed by atoms with Gasteiger partial charge in [-0.3, -0.25) is 9.59 Å². The molecule has 2 aliphatic rings. The van der Waals surface area contributed by atoms with Gasteiger partial charge in [0.25, 0.3) is 0 Å². The van der Waals surface area contributed by atoms with Gasteiger partial charge in [0, 0.05) is 57.4 Å². The maximum Gasteiger partial charge on any atom is 0.225 e. The van der Waals surface area contributed by atoms with Crippen LogP contribution in [0.15, 0.2) is 24.3 Å². The molecule has 0 spiro atoms. The average Bonchev–Trinajstić information content (AvgIpc) is 2.74. The molecule has 2 fully saturated rings. The minimum Gasteiger partial charge on any atom is -0.383 e. The van der Waals surface area contributed by atoms with Gasteiger partial charge in [-0.1, -0.05) is 0 Å². The van der Waals surface area contributed by atoms with Crippen LogP contribution in [-0.2, 0) is 14.3 Å². The first-order valence-corrected chi connectivity index (χ1v) is 10.1. The molecule has 1 aliphatic carbocycles. The largest absolute Gasteiger partial charge is 0.383 e. The monoisotopic (exact) mass is 391 g/mol. The zero-order valence-electron chi connectivity index (χ0n) is 16.5. The van der Waals surface area contributed by atoms with Crippen molar-refractivity contribution in [2.75, 3.05) is 51.3 Å². The molecule has 1 aromatic rings. The molecule has 0 atom stereocenters. The van der Waals surface area contributed by atoms with Gasteiger partial charge in [-0.05, 0) is 49.9 Å². The normalized spacial score (nSPS) is 22.8. The second-order valence-electron chi connectivity index (χ2n) is 7.62. The van der Waals surface area contributed by atoms with Crippen LogP contribution in [-0.4, -0.2) is 63.2 Å². The number of hydrogen-bond donors (Lipinski definition) is 1. The van der Waals surface area contributed by atoms with Crippen LogP contribution >= 0.6 is 0 Å². The predicted molar refractivity (Wildman–Crippen MR) is 106 cm³/mol. The summed E-state index contributed by atoms with van der Waals surface area (Å²) in [7, 11) is 1.61. The first-order chi connectivity index (χ1) is 13.6. The van der Waals surface area contributed by atoms with Crippen LogP contribution in [0.5, 0.6) is 0 Å². The summed E-state index contributed by atoms with van der Waals surface area (Å²) in [5, 5.41) is 2.90.